The summed E-state index contributed by atoms with van der Waals surface area (Å²) in [6.07, 6.45) is 1.92. The molecule has 0 saturated carbocycles. The number of thiazole rings is 2. The van der Waals surface area contributed by atoms with Crippen molar-refractivity contribution >= 4 is 44.8 Å². The van der Waals surface area contributed by atoms with Crippen molar-refractivity contribution in [1.29, 1.82) is 0 Å². The van der Waals surface area contributed by atoms with Crippen LogP contribution < -0.4 is 10.6 Å². The molecular weight excluding hydrogens is 537 g/mol. The Balaban J connectivity index is 1.18. The lowest BCUT2D eigenvalue weighted by Gasteiger charge is -2.18. The Morgan fingerprint density at radius 2 is 0.975 bits per heavy atom. The third-order valence-electron chi connectivity index (χ3n) is 6.65. The molecule has 6 nitrogen and oxygen atoms in total. The zero-order chi connectivity index (χ0) is 28.9. The molecule has 2 aromatic carbocycles. The number of aromatic nitrogens is 2. The van der Waals surface area contributed by atoms with Gasteiger partial charge in [-0.3, -0.25) is 9.59 Å². The summed E-state index contributed by atoms with van der Waals surface area (Å²) in [5.41, 5.74) is 6.51. The smallest absolute Gasteiger partial charge is 0.226 e. The molecule has 2 aromatic heterocycles. The molecule has 0 atom stereocenters. The number of anilines is 2. The molecule has 2 amide bonds. The largest absolute Gasteiger partial charge is 0.302 e. The van der Waals surface area contributed by atoms with Gasteiger partial charge in [-0.1, -0.05) is 90.1 Å². The van der Waals surface area contributed by atoms with Crippen molar-refractivity contribution in [2.45, 2.75) is 78.1 Å². The Hall–Kier alpha value is -3.36. The second-order valence-corrected chi connectivity index (χ2v) is 13.8. The Morgan fingerprint density at radius 1 is 0.625 bits per heavy atom. The highest BCUT2D eigenvalue weighted by Crippen LogP contribution is 2.30. The van der Waals surface area contributed by atoms with Gasteiger partial charge in [-0.2, -0.15) is 0 Å². The second-order valence-electron chi connectivity index (χ2n) is 12.0. The first-order chi connectivity index (χ1) is 18.9. The number of hydrogen-bond acceptors (Lipinski definition) is 6. The standard InChI is InChI=1S/C32H38N4O2S2/c1-31(2,3)23-15-11-21(12-16-23)25-19-39-29(33-25)35-27(37)9-7-8-10-28(38)36-30-34-26(20-40-30)22-13-17-24(18-14-22)32(4,5)6/h11-20H,7-10H2,1-6H3,(H,33,35,37)(H,34,36,38). The van der Waals surface area contributed by atoms with Gasteiger partial charge in [0.1, 0.15) is 0 Å². The summed E-state index contributed by atoms with van der Waals surface area (Å²) in [6, 6.07) is 16.8. The van der Waals surface area contributed by atoms with Crippen LogP contribution >= 0.6 is 22.7 Å². The predicted molar refractivity (Wildman–Crippen MR) is 168 cm³/mol. The highest BCUT2D eigenvalue weighted by Gasteiger charge is 2.16. The lowest BCUT2D eigenvalue weighted by Crippen LogP contribution is -2.13. The SMILES string of the molecule is CC(C)(C)c1ccc(-c2csc(NC(=O)CCCCC(=O)Nc3nc(-c4ccc(C(C)(C)C)cc4)cs3)n2)cc1. The van der Waals surface area contributed by atoms with Crippen LogP contribution in [-0.2, 0) is 20.4 Å². The molecule has 2 N–H and O–H groups in total. The number of unbranched alkanes of at least 4 members (excludes halogenated alkanes) is 1. The second kappa shape index (κ2) is 12.4. The van der Waals surface area contributed by atoms with E-state index in [0.29, 0.717) is 35.9 Å². The Morgan fingerprint density at radius 3 is 1.30 bits per heavy atom. The third kappa shape index (κ3) is 8.08. The molecule has 4 rings (SSSR count). The van der Waals surface area contributed by atoms with Crippen molar-refractivity contribution in [3.8, 4) is 22.5 Å². The maximum absolute atomic E-state index is 12.4. The minimum atomic E-state index is -0.0913. The first kappa shape index (κ1) is 29.6. The van der Waals surface area contributed by atoms with E-state index in [1.165, 1.54) is 33.8 Å². The van der Waals surface area contributed by atoms with Crippen LogP contribution in [0.2, 0.25) is 0 Å². The van der Waals surface area contributed by atoms with E-state index in [-0.39, 0.29) is 22.6 Å². The Kier molecular flexibility index (Phi) is 9.21. The lowest BCUT2D eigenvalue weighted by molar-refractivity contribution is -0.118. The molecule has 8 heteroatoms. The van der Waals surface area contributed by atoms with Gasteiger partial charge in [0.25, 0.3) is 0 Å². The fourth-order valence-electron chi connectivity index (χ4n) is 4.14. The maximum atomic E-state index is 12.4. The van der Waals surface area contributed by atoms with Gasteiger partial charge in [0.05, 0.1) is 11.4 Å². The predicted octanol–water partition coefficient (Wildman–Crippen LogP) is 8.67. The molecule has 4 aromatic rings. The number of carbonyl (C=O) groups excluding carboxylic acids is 2. The van der Waals surface area contributed by atoms with E-state index in [1.54, 1.807) is 0 Å². The van der Waals surface area contributed by atoms with Crippen molar-refractivity contribution in [3.05, 3.63) is 70.4 Å². The molecule has 0 aliphatic heterocycles. The van der Waals surface area contributed by atoms with Gasteiger partial charge in [0.15, 0.2) is 10.3 Å². The monoisotopic (exact) mass is 574 g/mol. The number of nitrogens with zero attached hydrogens (tertiary/aromatic N) is 2. The molecule has 0 bridgehead atoms. The first-order valence-electron chi connectivity index (χ1n) is 13.6. The first-order valence-corrected chi connectivity index (χ1v) is 15.4. The quantitative estimate of drug-likeness (QED) is 0.196. The van der Waals surface area contributed by atoms with Gasteiger partial charge in [-0.05, 0) is 34.8 Å². The summed E-state index contributed by atoms with van der Waals surface area (Å²) < 4.78 is 0. The molecular formula is C32H38N4O2S2. The molecule has 0 aliphatic rings. The minimum absolute atomic E-state index is 0.0913. The summed E-state index contributed by atoms with van der Waals surface area (Å²) >= 11 is 2.83. The number of amides is 2. The van der Waals surface area contributed by atoms with Gasteiger partial charge in [-0.25, -0.2) is 9.97 Å². The van der Waals surface area contributed by atoms with Crippen LogP contribution in [0.3, 0.4) is 0 Å². The molecule has 0 fully saturated rings. The average Bonchev–Trinajstić information content (AvgIpc) is 3.56. The summed E-state index contributed by atoms with van der Waals surface area (Å²) in [6.45, 7) is 13.1. The molecule has 0 unspecified atom stereocenters. The maximum Gasteiger partial charge on any atom is 0.226 e. The molecule has 40 heavy (non-hydrogen) atoms. The fraction of sp³-hybridized carbons (Fsp3) is 0.375. The van der Waals surface area contributed by atoms with Crippen LogP contribution in [0.15, 0.2) is 59.3 Å². The van der Waals surface area contributed by atoms with Crippen molar-refractivity contribution < 1.29 is 9.59 Å². The molecule has 0 saturated heterocycles. The topological polar surface area (TPSA) is 84.0 Å². The van der Waals surface area contributed by atoms with Gasteiger partial charge in [-0.15, -0.1) is 22.7 Å². The molecule has 0 aliphatic carbocycles. The van der Waals surface area contributed by atoms with Gasteiger partial charge < -0.3 is 10.6 Å². The number of nitrogens with one attached hydrogen (secondary N) is 2. The van der Waals surface area contributed by atoms with Crippen molar-refractivity contribution in [1.82, 2.24) is 9.97 Å². The van der Waals surface area contributed by atoms with Crippen LogP contribution in [0.5, 0.6) is 0 Å². The molecule has 0 spiro atoms. The summed E-state index contributed by atoms with van der Waals surface area (Å²) in [5, 5.41) is 10.9. The van der Waals surface area contributed by atoms with E-state index >= 15 is 0 Å². The summed E-state index contributed by atoms with van der Waals surface area (Å²) in [7, 11) is 0. The van der Waals surface area contributed by atoms with E-state index in [4.69, 9.17) is 0 Å². The summed E-state index contributed by atoms with van der Waals surface area (Å²) in [4.78, 5) is 34.0. The zero-order valence-electron chi connectivity index (χ0n) is 24.1. The third-order valence-corrected chi connectivity index (χ3v) is 8.17. The van der Waals surface area contributed by atoms with Crippen LogP contribution in [0, 0.1) is 0 Å². The van der Waals surface area contributed by atoms with Crippen LogP contribution in [0.25, 0.3) is 22.5 Å². The Labute approximate surface area is 245 Å². The molecule has 0 radical (unpaired) electrons. The van der Waals surface area contributed by atoms with Crippen LogP contribution in [0.1, 0.15) is 78.4 Å². The lowest BCUT2D eigenvalue weighted by atomic mass is 9.86. The number of rotatable bonds is 9. The van der Waals surface area contributed by atoms with Gasteiger partial charge in [0.2, 0.25) is 11.8 Å². The number of benzene rings is 2. The van der Waals surface area contributed by atoms with Crippen molar-refractivity contribution in [2.24, 2.45) is 0 Å². The summed E-state index contributed by atoms with van der Waals surface area (Å²) in [5.74, 6) is -0.183. The van der Waals surface area contributed by atoms with Crippen molar-refractivity contribution in [2.75, 3.05) is 10.6 Å². The van der Waals surface area contributed by atoms with E-state index < -0.39 is 0 Å². The number of carbonyl (C=O) groups is 2. The van der Waals surface area contributed by atoms with E-state index in [1.807, 2.05) is 10.8 Å². The molecule has 210 valence electrons. The van der Waals surface area contributed by atoms with E-state index in [2.05, 4.69) is 111 Å². The van der Waals surface area contributed by atoms with Crippen LogP contribution in [-0.4, -0.2) is 21.8 Å². The van der Waals surface area contributed by atoms with E-state index in [9.17, 15) is 9.59 Å². The normalized spacial score (nSPS) is 11.8. The fourth-order valence-corrected chi connectivity index (χ4v) is 5.62. The highest BCUT2D eigenvalue weighted by atomic mass is 32.1. The minimum Gasteiger partial charge on any atom is -0.302 e. The van der Waals surface area contributed by atoms with Crippen LogP contribution in [0.4, 0.5) is 10.3 Å². The van der Waals surface area contributed by atoms with Crippen molar-refractivity contribution in [3.63, 3.8) is 0 Å². The van der Waals surface area contributed by atoms with Gasteiger partial charge >= 0.3 is 0 Å². The highest BCUT2D eigenvalue weighted by molar-refractivity contribution is 7.14. The number of hydrogen-bond donors (Lipinski definition) is 2. The van der Waals surface area contributed by atoms with E-state index in [0.717, 1.165) is 22.5 Å². The zero-order valence-corrected chi connectivity index (χ0v) is 25.8. The molecule has 2 heterocycles. The van der Waals surface area contributed by atoms with Gasteiger partial charge in [0, 0.05) is 34.7 Å². The average molecular weight is 575 g/mol. The Bertz CT molecular complexity index is 1330.